The van der Waals surface area contributed by atoms with E-state index in [0.717, 1.165) is 10.5 Å². The summed E-state index contributed by atoms with van der Waals surface area (Å²) in [6, 6.07) is 7.72. The van der Waals surface area contributed by atoms with E-state index in [2.05, 4.69) is 0 Å². The summed E-state index contributed by atoms with van der Waals surface area (Å²) in [5.41, 5.74) is 0.951. The molecule has 2 unspecified atom stereocenters. The highest BCUT2D eigenvalue weighted by atomic mass is 32.2. The maximum absolute atomic E-state index is 11.9. The Balaban J connectivity index is 2.13. The van der Waals surface area contributed by atoms with Gasteiger partial charge in [0.15, 0.2) is 11.9 Å². The highest BCUT2D eigenvalue weighted by Gasteiger charge is 2.25. The number of hydrogen-bond acceptors (Lipinski definition) is 4. The van der Waals surface area contributed by atoms with Gasteiger partial charge in [0.25, 0.3) is 0 Å². The quantitative estimate of drug-likeness (QED) is 0.857. The van der Waals surface area contributed by atoms with Crippen molar-refractivity contribution in [2.75, 3.05) is 5.75 Å². The van der Waals surface area contributed by atoms with Crippen LogP contribution in [0, 0.1) is 0 Å². The van der Waals surface area contributed by atoms with Gasteiger partial charge in [-0.15, -0.1) is 11.8 Å². The SMILES string of the molecule is CC(OC=CC1C(=O)CSc2ccccc21)C(=O)O. The summed E-state index contributed by atoms with van der Waals surface area (Å²) >= 11 is 1.53. The van der Waals surface area contributed by atoms with Crippen LogP contribution in [-0.4, -0.2) is 28.7 Å². The van der Waals surface area contributed by atoms with Crippen molar-refractivity contribution in [2.24, 2.45) is 0 Å². The first-order valence-corrected chi connectivity index (χ1v) is 6.87. The fourth-order valence-electron chi connectivity index (χ4n) is 1.79. The first-order valence-electron chi connectivity index (χ1n) is 5.89. The average Bonchev–Trinajstić information content (AvgIpc) is 2.41. The van der Waals surface area contributed by atoms with Crippen LogP contribution in [0.4, 0.5) is 0 Å². The second-order valence-electron chi connectivity index (χ2n) is 4.22. The molecule has 1 aromatic carbocycles. The van der Waals surface area contributed by atoms with E-state index < -0.39 is 12.1 Å². The minimum atomic E-state index is -1.03. The number of carbonyl (C=O) groups excluding carboxylic acids is 1. The number of hydrogen-bond donors (Lipinski definition) is 1. The lowest BCUT2D eigenvalue weighted by molar-refractivity contribution is -0.145. The van der Waals surface area contributed by atoms with E-state index in [4.69, 9.17) is 9.84 Å². The second kappa shape index (κ2) is 5.93. The molecule has 1 heterocycles. The fraction of sp³-hybridized carbons (Fsp3) is 0.286. The minimum absolute atomic E-state index is 0.103. The van der Waals surface area contributed by atoms with E-state index in [0.29, 0.717) is 5.75 Å². The van der Waals surface area contributed by atoms with E-state index >= 15 is 0 Å². The normalized spacial score (nSPS) is 20.1. The van der Waals surface area contributed by atoms with Crippen LogP contribution in [0.1, 0.15) is 18.4 Å². The largest absolute Gasteiger partial charge is 0.487 e. The van der Waals surface area contributed by atoms with Crippen molar-refractivity contribution in [3.05, 3.63) is 42.2 Å². The summed E-state index contributed by atoms with van der Waals surface area (Å²) in [6.45, 7) is 1.44. The van der Waals surface area contributed by atoms with Crippen molar-refractivity contribution in [1.29, 1.82) is 0 Å². The Labute approximate surface area is 115 Å². The minimum Gasteiger partial charge on any atom is -0.487 e. The smallest absolute Gasteiger partial charge is 0.344 e. The Morgan fingerprint density at radius 3 is 3.00 bits per heavy atom. The Bertz CT molecular complexity index is 524. The molecule has 0 aliphatic carbocycles. The van der Waals surface area contributed by atoms with Gasteiger partial charge >= 0.3 is 5.97 Å². The van der Waals surface area contributed by atoms with Gasteiger partial charge in [0.2, 0.25) is 0 Å². The average molecular weight is 278 g/mol. The third-order valence-electron chi connectivity index (χ3n) is 2.87. The van der Waals surface area contributed by atoms with Gasteiger partial charge in [-0.2, -0.15) is 0 Å². The number of Topliss-reactive ketones (excluding diaryl/α,β-unsaturated/α-hetero) is 1. The van der Waals surface area contributed by atoms with Crippen LogP contribution in [-0.2, 0) is 14.3 Å². The van der Waals surface area contributed by atoms with Gasteiger partial charge in [0.1, 0.15) is 0 Å². The maximum Gasteiger partial charge on any atom is 0.344 e. The number of ketones is 1. The van der Waals surface area contributed by atoms with Crippen molar-refractivity contribution < 1.29 is 19.4 Å². The summed E-state index contributed by atoms with van der Waals surface area (Å²) in [5, 5.41) is 8.70. The molecule has 1 aliphatic rings. The first-order chi connectivity index (χ1) is 9.09. The number of allylic oxidation sites excluding steroid dienone is 1. The highest BCUT2D eigenvalue weighted by Crippen LogP contribution is 2.35. The standard InChI is InChI=1S/C14H14O4S/c1-9(14(16)17)18-7-6-10-11-4-2-3-5-13(11)19-8-12(10)15/h2-7,9-10H,8H2,1H3,(H,16,17). The van der Waals surface area contributed by atoms with Crippen LogP contribution < -0.4 is 0 Å². The molecule has 5 heteroatoms. The molecule has 4 nitrogen and oxygen atoms in total. The molecule has 0 radical (unpaired) electrons. The topological polar surface area (TPSA) is 63.6 Å². The molecular formula is C14H14O4S. The number of thioether (sulfide) groups is 1. The monoisotopic (exact) mass is 278 g/mol. The van der Waals surface area contributed by atoms with Crippen LogP contribution in [0.3, 0.4) is 0 Å². The van der Waals surface area contributed by atoms with E-state index in [1.54, 1.807) is 6.08 Å². The van der Waals surface area contributed by atoms with Gasteiger partial charge in [0.05, 0.1) is 17.9 Å². The molecule has 0 aromatic heterocycles. The van der Waals surface area contributed by atoms with Crippen LogP contribution in [0.2, 0.25) is 0 Å². The zero-order valence-corrected chi connectivity index (χ0v) is 11.2. The molecule has 1 aromatic rings. The molecule has 1 aliphatic heterocycles. The zero-order chi connectivity index (χ0) is 13.8. The zero-order valence-electron chi connectivity index (χ0n) is 10.4. The molecule has 0 fully saturated rings. The molecule has 1 N–H and O–H groups in total. The molecule has 100 valence electrons. The van der Waals surface area contributed by atoms with Crippen molar-refractivity contribution in [3.63, 3.8) is 0 Å². The van der Waals surface area contributed by atoms with Crippen LogP contribution in [0.5, 0.6) is 0 Å². The number of carbonyl (C=O) groups is 2. The second-order valence-corrected chi connectivity index (χ2v) is 5.23. The number of rotatable bonds is 4. The third-order valence-corrected chi connectivity index (χ3v) is 3.98. The van der Waals surface area contributed by atoms with Crippen molar-refractivity contribution >= 4 is 23.5 Å². The Hall–Kier alpha value is -1.75. The summed E-state index contributed by atoms with van der Waals surface area (Å²) in [5.74, 6) is -0.846. The van der Waals surface area contributed by atoms with Gasteiger partial charge < -0.3 is 9.84 Å². The van der Waals surface area contributed by atoms with Crippen LogP contribution in [0.25, 0.3) is 0 Å². The summed E-state index contributed by atoms with van der Waals surface area (Å²) in [6.07, 6.45) is 2.02. The number of aliphatic carboxylic acids is 1. The molecule has 2 rings (SSSR count). The fourth-order valence-corrected chi connectivity index (χ4v) is 2.81. The molecule has 2 atom stereocenters. The number of fused-ring (bicyclic) bond motifs is 1. The van der Waals surface area contributed by atoms with E-state index in [-0.39, 0.29) is 11.7 Å². The predicted octanol–water partition coefficient (Wildman–Crippen LogP) is 2.45. The molecule has 19 heavy (non-hydrogen) atoms. The van der Waals surface area contributed by atoms with Gasteiger partial charge in [-0.1, -0.05) is 18.2 Å². The van der Waals surface area contributed by atoms with Crippen molar-refractivity contribution in [1.82, 2.24) is 0 Å². The number of carboxylic acid groups (broad SMARTS) is 1. The van der Waals surface area contributed by atoms with Crippen LogP contribution >= 0.6 is 11.8 Å². The lowest BCUT2D eigenvalue weighted by Gasteiger charge is -2.21. The lowest BCUT2D eigenvalue weighted by Crippen LogP contribution is -2.19. The number of ether oxygens (including phenoxy) is 1. The molecule has 0 amide bonds. The Morgan fingerprint density at radius 2 is 2.26 bits per heavy atom. The summed E-state index contributed by atoms with van der Waals surface area (Å²) in [4.78, 5) is 23.6. The van der Waals surface area contributed by atoms with E-state index in [9.17, 15) is 9.59 Å². The molecule has 0 saturated carbocycles. The van der Waals surface area contributed by atoms with Crippen LogP contribution in [0.15, 0.2) is 41.5 Å². The number of carboxylic acids is 1. The van der Waals surface area contributed by atoms with Gasteiger partial charge in [-0.05, 0) is 24.6 Å². The molecule has 0 bridgehead atoms. The molecular weight excluding hydrogens is 264 g/mol. The highest BCUT2D eigenvalue weighted by molar-refractivity contribution is 8.00. The molecule has 0 saturated heterocycles. The van der Waals surface area contributed by atoms with E-state index in [1.165, 1.54) is 24.9 Å². The van der Waals surface area contributed by atoms with Crippen molar-refractivity contribution in [3.8, 4) is 0 Å². The number of benzene rings is 1. The Kier molecular flexibility index (Phi) is 4.27. The van der Waals surface area contributed by atoms with Gasteiger partial charge in [-0.3, -0.25) is 4.79 Å². The van der Waals surface area contributed by atoms with Gasteiger partial charge in [0, 0.05) is 4.90 Å². The Morgan fingerprint density at radius 1 is 1.53 bits per heavy atom. The van der Waals surface area contributed by atoms with Gasteiger partial charge in [-0.25, -0.2) is 4.79 Å². The first kappa shape index (κ1) is 13.7. The summed E-state index contributed by atoms with van der Waals surface area (Å²) in [7, 11) is 0. The van der Waals surface area contributed by atoms with Crippen molar-refractivity contribution in [2.45, 2.75) is 23.8 Å². The van der Waals surface area contributed by atoms with E-state index in [1.807, 2.05) is 24.3 Å². The molecule has 0 spiro atoms. The maximum atomic E-state index is 11.9. The summed E-state index contributed by atoms with van der Waals surface area (Å²) < 4.78 is 5.03. The third kappa shape index (κ3) is 3.17. The predicted molar refractivity (Wildman–Crippen MR) is 72.2 cm³/mol. The lowest BCUT2D eigenvalue weighted by atomic mass is 9.95.